The Kier molecular flexibility index (Phi) is 6.58. The molecule has 5 fully saturated rings. The first-order chi connectivity index (χ1) is 20.3. The van der Waals surface area contributed by atoms with Gasteiger partial charge in [0.25, 0.3) is 0 Å². The molecule has 5 atom stereocenters. The van der Waals surface area contributed by atoms with Crippen molar-refractivity contribution < 1.29 is 0 Å². The Labute approximate surface area is 246 Å². The Morgan fingerprint density at radius 2 is 1.05 bits per heavy atom. The lowest BCUT2D eigenvalue weighted by atomic mass is 9.54. The molecule has 5 heterocycles. The van der Waals surface area contributed by atoms with Crippen LogP contribution in [0.5, 0.6) is 0 Å². The van der Waals surface area contributed by atoms with Crippen LogP contribution in [0.2, 0.25) is 0 Å². The van der Waals surface area contributed by atoms with Crippen molar-refractivity contribution in [2.24, 2.45) is 17.8 Å². The lowest BCUT2D eigenvalue weighted by molar-refractivity contribution is -0.101. The van der Waals surface area contributed by atoms with Crippen LogP contribution in [0.3, 0.4) is 0 Å². The lowest BCUT2D eigenvalue weighted by Crippen LogP contribution is -2.68. The number of rotatable bonds is 7. The molecular weight excluding hydrogens is 496 g/mol. The quantitative estimate of drug-likeness (QED) is 0.237. The summed E-state index contributed by atoms with van der Waals surface area (Å²) in [7, 11) is 0. The highest BCUT2D eigenvalue weighted by molar-refractivity contribution is 5.42. The number of hydrogen-bond donors (Lipinski definition) is 0. The molecule has 4 aromatic rings. The summed E-state index contributed by atoms with van der Waals surface area (Å²) < 4.78 is 0. The molecule has 0 radical (unpaired) electrons. The average molecular weight is 539 g/mol. The molecule has 5 saturated heterocycles. The van der Waals surface area contributed by atoms with Gasteiger partial charge < -0.3 is 0 Å². The van der Waals surface area contributed by atoms with E-state index in [9.17, 15) is 0 Å². The van der Waals surface area contributed by atoms with Crippen molar-refractivity contribution >= 4 is 0 Å². The predicted octanol–water partition coefficient (Wildman–Crippen LogP) is 7.83. The van der Waals surface area contributed by atoms with Gasteiger partial charge in [0.1, 0.15) is 0 Å². The van der Waals surface area contributed by atoms with E-state index in [1.807, 2.05) is 0 Å². The molecule has 0 saturated carbocycles. The third kappa shape index (κ3) is 4.22. The fraction of sp³-hybridized carbons (Fsp3) is 0.385. The van der Waals surface area contributed by atoms with Crippen LogP contribution in [0, 0.1) is 17.8 Å². The van der Waals surface area contributed by atoms with Gasteiger partial charge in [-0.15, -0.1) is 0 Å². The Bertz CT molecular complexity index is 1350. The largest absolute Gasteiger partial charge is 0.299 e. The monoisotopic (exact) mass is 538 g/mol. The third-order valence-corrected chi connectivity index (χ3v) is 11.4. The molecule has 0 spiro atoms. The molecule has 5 aliphatic heterocycles. The fourth-order valence-electron chi connectivity index (χ4n) is 9.96. The molecule has 0 aromatic heterocycles. The van der Waals surface area contributed by atoms with Crippen LogP contribution >= 0.6 is 0 Å². The van der Waals surface area contributed by atoms with E-state index >= 15 is 0 Å². The van der Waals surface area contributed by atoms with Crippen molar-refractivity contribution in [3.63, 3.8) is 0 Å². The van der Waals surface area contributed by atoms with Crippen LogP contribution in [-0.4, -0.2) is 47.6 Å². The van der Waals surface area contributed by atoms with E-state index in [1.54, 1.807) is 0 Å². The molecule has 41 heavy (non-hydrogen) atoms. The van der Waals surface area contributed by atoms with Crippen molar-refractivity contribution in [1.82, 2.24) is 9.80 Å². The van der Waals surface area contributed by atoms with Gasteiger partial charge in [-0.2, -0.15) is 0 Å². The van der Waals surface area contributed by atoms with Crippen LogP contribution in [0.25, 0.3) is 0 Å². The third-order valence-electron chi connectivity index (χ3n) is 11.4. The minimum atomic E-state index is 0.107. The topological polar surface area (TPSA) is 6.48 Å². The maximum Gasteiger partial charge on any atom is 0.0367 e. The van der Waals surface area contributed by atoms with Crippen LogP contribution in [0.4, 0.5) is 0 Å². The molecule has 2 unspecified atom stereocenters. The van der Waals surface area contributed by atoms with Gasteiger partial charge in [0.05, 0.1) is 0 Å². The standard InChI is InChI=1S/C39H42N2/c1-5-13-30(14-6-1)35(31-15-7-2-8-16-31)38-37(34-23-24-40(38)28-34)39(27-29-21-25-41(39)26-22-29)36(32-17-9-3-10-18-32)33-19-11-4-12-20-33/h1-20,29,34-38H,21-28H2/t34?,37-,38-,39+/m0/s1. The molecule has 0 N–H and O–H groups in total. The SMILES string of the molecule is c1ccc(C(c2ccccc2)[C@H]2[C@@H]([C@]3(C(c4ccccc4)c4ccccc4)CC4CCN3CC4)C3CCN2C3)cc1. The maximum atomic E-state index is 3.02. The van der Waals surface area contributed by atoms with Crippen LogP contribution in [0.1, 0.15) is 59.8 Å². The first kappa shape index (κ1) is 25.5. The molecule has 0 amide bonds. The van der Waals surface area contributed by atoms with Gasteiger partial charge >= 0.3 is 0 Å². The molecule has 208 valence electrons. The number of fused-ring (bicyclic) bond motifs is 5. The zero-order valence-electron chi connectivity index (χ0n) is 24.1. The minimum Gasteiger partial charge on any atom is -0.299 e. The summed E-state index contributed by atoms with van der Waals surface area (Å²) in [4.78, 5) is 5.93. The Balaban J connectivity index is 1.36. The van der Waals surface area contributed by atoms with E-state index in [-0.39, 0.29) is 5.54 Å². The second kappa shape index (κ2) is 10.6. The van der Waals surface area contributed by atoms with E-state index in [0.29, 0.717) is 23.8 Å². The van der Waals surface area contributed by atoms with Gasteiger partial charge in [0, 0.05) is 30.0 Å². The van der Waals surface area contributed by atoms with E-state index < -0.39 is 0 Å². The summed E-state index contributed by atoms with van der Waals surface area (Å²) >= 11 is 0. The van der Waals surface area contributed by atoms with Crippen molar-refractivity contribution in [3.05, 3.63) is 144 Å². The van der Waals surface area contributed by atoms with Crippen molar-refractivity contribution in [2.75, 3.05) is 26.2 Å². The number of piperidine rings is 4. The van der Waals surface area contributed by atoms with E-state index in [2.05, 4.69) is 131 Å². The minimum absolute atomic E-state index is 0.107. The summed E-state index contributed by atoms with van der Waals surface area (Å²) in [5, 5.41) is 0. The van der Waals surface area contributed by atoms with Crippen LogP contribution in [0.15, 0.2) is 121 Å². The summed E-state index contributed by atoms with van der Waals surface area (Å²) in [6, 6.07) is 46.6. The molecule has 4 bridgehead atoms. The van der Waals surface area contributed by atoms with Gasteiger partial charge in [0.15, 0.2) is 0 Å². The van der Waals surface area contributed by atoms with Crippen LogP contribution in [-0.2, 0) is 0 Å². The molecule has 4 aromatic carbocycles. The summed E-state index contributed by atoms with van der Waals surface area (Å²) in [6.07, 6.45) is 5.40. The highest BCUT2D eigenvalue weighted by Crippen LogP contribution is 2.61. The fourth-order valence-corrected chi connectivity index (χ4v) is 9.96. The Morgan fingerprint density at radius 3 is 1.51 bits per heavy atom. The second-order valence-corrected chi connectivity index (χ2v) is 13.2. The highest BCUT2D eigenvalue weighted by Gasteiger charge is 2.64. The Hall–Kier alpha value is -3.20. The number of hydrogen-bond acceptors (Lipinski definition) is 2. The van der Waals surface area contributed by atoms with Crippen LogP contribution < -0.4 is 0 Å². The van der Waals surface area contributed by atoms with E-state index in [0.717, 1.165) is 11.8 Å². The molecule has 2 nitrogen and oxygen atoms in total. The smallest absolute Gasteiger partial charge is 0.0367 e. The first-order valence-corrected chi connectivity index (χ1v) is 16.0. The van der Waals surface area contributed by atoms with Crippen molar-refractivity contribution in [1.29, 1.82) is 0 Å². The van der Waals surface area contributed by atoms with E-state index in [1.165, 1.54) is 74.1 Å². The summed E-state index contributed by atoms with van der Waals surface area (Å²) in [6.45, 7) is 4.99. The van der Waals surface area contributed by atoms with Gasteiger partial charge in [0.2, 0.25) is 0 Å². The zero-order valence-corrected chi connectivity index (χ0v) is 24.1. The van der Waals surface area contributed by atoms with Gasteiger partial charge in [-0.3, -0.25) is 9.80 Å². The maximum absolute atomic E-state index is 3.02. The summed E-state index contributed by atoms with van der Waals surface area (Å²) in [5.41, 5.74) is 6.06. The van der Waals surface area contributed by atoms with Gasteiger partial charge in [-0.1, -0.05) is 121 Å². The lowest BCUT2D eigenvalue weighted by Gasteiger charge is -2.63. The van der Waals surface area contributed by atoms with Gasteiger partial charge in [-0.25, -0.2) is 0 Å². The normalized spacial score (nSPS) is 32.1. The molecular formula is C39H42N2. The number of benzene rings is 4. The highest BCUT2D eigenvalue weighted by atomic mass is 15.3. The van der Waals surface area contributed by atoms with Crippen molar-refractivity contribution in [3.8, 4) is 0 Å². The average Bonchev–Trinajstić information content (AvgIpc) is 3.67. The molecule has 0 aliphatic carbocycles. The zero-order chi connectivity index (χ0) is 27.2. The Morgan fingerprint density at radius 1 is 0.561 bits per heavy atom. The second-order valence-electron chi connectivity index (χ2n) is 13.2. The predicted molar refractivity (Wildman–Crippen MR) is 168 cm³/mol. The molecule has 2 heteroatoms. The number of nitrogens with zero attached hydrogens (tertiary/aromatic N) is 2. The van der Waals surface area contributed by atoms with Gasteiger partial charge in [-0.05, 0) is 85.3 Å². The summed E-state index contributed by atoms with van der Waals surface area (Å²) in [5.74, 6) is 2.92. The van der Waals surface area contributed by atoms with E-state index in [4.69, 9.17) is 0 Å². The molecule has 5 aliphatic rings. The first-order valence-electron chi connectivity index (χ1n) is 16.0. The molecule has 9 rings (SSSR count). The van der Waals surface area contributed by atoms with Crippen molar-refractivity contribution in [2.45, 2.75) is 49.1 Å².